The van der Waals surface area contributed by atoms with Crippen molar-refractivity contribution >= 4 is 29.4 Å². The lowest BCUT2D eigenvalue weighted by atomic mass is 10.1. The monoisotopic (exact) mass is 420 g/mol. The van der Waals surface area contributed by atoms with Crippen LogP contribution < -0.4 is 10.1 Å². The van der Waals surface area contributed by atoms with Crippen LogP contribution in [0.5, 0.6) is 5.75 Å². The number of aliphatic hydroxyl groups excluding tert-OH is 1. The van der Waals surface area contributed by atoms with Crippen LogP contribution in [-0.2, 0) is 14.3 Å². The Bertz CT molecular complexity index is 1060. The van der Waals surface area contributed by atoms with Crippen LogP contribution in [0.1, 0.15) is 25.0 Å². The summed E-state index contributed by atoms with van der Waals surface area (Å²) < 4.78 is 10.5. The predicted molar refractivity (Wildman–Crippen MR) is 119 cm³/mol. The number of nitrogens with one attached hydrogen (secondary N) is 1. The third-order valence-electron chi connectivity index (χ3n) is 4.50. The van der Waals surface area contributed by atoms with Crippen LogP contribution in [0.25, 0.3) is 6.08 Å². The van der Waals surface area contributed by atoms with E-state index in [9.17, 15) is 14.7 Å². The minimum absolute atomic E-state index is 0.0765. The number of amides is 1. The Hall–Kier alpha value is -3.87. The number of rotatable bonds is 7. The summed E-state index contributed by atoms with van der Waals surface area (Å²) in [7, 11) is 0. The molecule has 2 aromatic rings. The van der Waals surface area contributed by atoms with E-state index in [1.54, 1.807) is 44.2 Å². The van der Waals surface area contributed by atoms with Crippen molar-refractivity contribution in [3.05, 3.63) is 76.7 Å². The summed E-state index contributed by atoms with van der Waals surface area (Å²) in [4.78, 5) is 28.3. The number of aliphatic imine (C=N–C) groups is 1. The van der Waals surface area contributed by atoms with Gasteiger partial charge >= 0.3 is 5.97 Å². The number of nitrogens with zero attached hydrogens (tertiary/aromatic N) is 1. The van der Waals surface area contributed by atoms with Crippen LogP contribution in [0.3, 0.4) is 0 Å². The second kappa shape index (κ2) is 9.75. The first-order chi connectivity index (χ1) is 14.9. The first-order valence-corrected chi connectivity index (χ1v) is 9.85. The molecule has 0 aromatic heterocycles. The second-order valence-electron chi connectivity index (χ2n) is 6.94. The van der Waals surface area contributed by atoms with Gasteiger partial charge in [0, 0.05) is 5.69 Å². The number of hydrogen-bond donors (Lipinski definition) is 2. The summed E-state index contributed by atoms with van der Waals surface area (Å²) in [6.45, 7) is 5.41. The smallest absolute Gasteiger partial charge is 0.343 e. The molecule has 0 fully saturated rings. The Labute approximate surface area is 180 Å². The van der Waals surface area contributed by atoms with Crippen LogP contribution in [0.4, 0.5) is 5.69 Å². The van der Waals surface area contributed by atoms with E-state index in [4.69, 9.17) is 9.47 Å². The van der Waals surface area contributed by atoms with Gasteiger partial charge in [-0.15, -0.1) is 0 Å². The average Bonchev–Trinajstić information content (AvgIpc) is 3.02. The Morgan fingerprint density at radius 1 is 1.06 bits per heavy atom. The van der Waals surface area contributed by atoms with Gasteiger partial charge in [-0.05, 0) is 56.7 Å². The fourth-order valence-corrected chi connectivity index (χ4v) is 2.94. The number of aliphatic hydroxyl groups is 1. The van der Waals surface area contributed by atoms with Crippen molar-refractivity contribution in [1.82, 2.24) is 0 Å². The highest BCUT2D eigenvalue weighted by Gasteiger charge is 2.27. The molecule has 0 aliphatic carbocycles. The number of hydrogen-bond acceptors (Lipinski definition) is 6. The minimum atomic E-state index is -0.600. The molecule has 1 heterocycles. The molecule has 0 saturated carbocycles. The molecule has 7 heteroatoms. The molecular weight excluding hydrogens is 396 g/mol. The van der Waals surface area contributed by atoms with Crippen LogP contribution in [0.2, 0.25) is 0 Å². The number of benzene rings is 2. The maximum Gasteiger partial charge on any atom is 0.343 e. The fourth-order valence-electron chi connectivity index (χ4n) is 2.94. The van der Waals surface area contributed by atoms with Crippen LogP contribution >= 0.6 is 0 Å². The zero-order valence-electron chi connectivity index (χ0n) is 17.6. The zero-order valence-corrected chi connectivity index (χ0v) is 17.6. The standard InChI is InChI=1S/C24H24N2O5/c1-4-30-24(29)22-16(3)25-20(23(22)28)13-17-7-11-19(12-8-17)31-14-21(27)26-18-9-5-15(2)6-10-18/h5-13,28H,4,14H2,1-3H3,(H,26,27). The van der Waals surface area contributed by atoms with Gasteiger partial charge < -0.3 is 19.9 Å². The van der Waals surface area contributed by atoms with Gasteiger partial charge in [0.1, 0.15) is 17.0 Å². The molecule has 160 valence electrons. The van der Waals surface area contributed by atoms with Gasteiger partial charge in [-0.1, -0.05) is 29.8 Å². The van der Waals surface area contributed by atoms with E-state index >= 15 is 0 Å². The third kappa shape index (κ3) is 5.60. The van der Waals surface area contributed by atoms with Gasteiger partial charge in [0.15, 0.2) is 12.4 Å². The highest BCUT2D eigenvalue weighted by molar-refractivity contribution is 6.22. The quantitative estimate of drug-likeness (QED) is 0.654. The minimum Gasteiger partial charge on any atom is -0.505 e. The van der Waals surface area contributed by atoms with E-state index in [1.165, 1.54) is 0 Å². The van der Waals surface area contributed by atoms with E-state index in [-0.39, 0.29) is 36.2 Å². The van der Waals surface area contributed by atoms with Gasteiger partial charge in [-0.3, -0.25) is 4.79 Å². The number of esters is 1. The lowest BCUT2D eigenvalue weighted by molar-refractivity contribution is -0.138. The summed E-state index contributed by atoms with van der Waals surface area (Å²) >= 11 is 0. The normalized spacial score (nSPS) is 14.4. The topological polar surface area (TPSA) is 97.2 Å². The van der Waals surface area contributed by atoms with E-state index < -0.39 is 5.97 Å². The molecule has 31 heavy (non-hydrogen) atoms. The van der Waals surface area contributed by atoms with Crippen molar-refractivity contribution in [1.29, 1.82) is 0 Å². The first-order valence-electron chi connectivity index (χ1n) is 9.85. The second-order valence-corrected chi connectivity index (χ2v) is 6.94. The predicted octanol–water partition coefficient (Wildman–Crippen LogP) is 4.20. The molecule has 7 nitrogen and oxygen atoms in total. The third-order valence-corrected chi connectivity index (χ3v) is 4.50. The van der Waals surface area contributed by atoms with Crippen LogP contribution in [0.15, 0.2) is 70.6 Å². The Morgan fingerprint density at radius 3 is 2.39 bits per heavy atom. The highest BCUT2D eigenvalue weighted by Crippen LogP contribution is 2.27. The van der Waals surface area contributed by atoms with Gasteiger partial charge in [0.05, 0.1) is 12.3 Å². The summed E-state index contributed by atoms with van der Waals surface area (Å²) in [5.74, 6) is -0.534. The number of carbonyl (C=O) groups is 2. The van der Waals surface area contributed by atoms with Crippen molar-refractivity contribution in [2.45, 2.75) is 20.8 Å². The molecule has 2 N–H and O–H groups in total. The summed E-state index contributed by atoms with van der Waals surface area (Å²) in [5.41, 5.74) is 3.34. The van der Waals surface area contributed by atoms with Crippen molar-refractivity contribution in [2.75, 3.05) is 18.5 Å². The van der Waals surface area contributed by atoms with Gasteiger partial charge in [-0.25, -0.2) is 9.79 Å². The van der Waals surface area contributed by atoms with Crippen LogP contribution in [0, 0.1) is 6.92 Å². The molecule has 1 amide bonds. The fraction of sp³-hybridized carbons (Fsp3) is 0.208. The summed E-state index contributed by atoms with van der Waals surface area (Å²) in [5, 5.41) is 13.1. The maximum absolute atomic E-state index is 12.0. The van der Waals surface area contributed by atoms with Gasteiger partial charge in [-0.2, -0.15) is 0 Å². The lowest BCUT2D eigenvalue weighted by Gasteiger charge is -2.08. The molecule has 0 unspecified atom stereocenters. The molecular formula is C24H24N2O5. The zero-order chi connectivity index (χ0) is 22.4. The molecule has 0 saturated heterocycles. The van der Waals surface area contributed by atoms with E-state index in [1.807, 2.05) is 31.2 Å². The Morgan fingerprint density at radius 2 is 1.74 bits per heavy atom. The number of carbonyl (C=O) groups excluding carboxylic acids is 2. The van der Waals surface area contributed by atoms with Gasteiger partial charge in [0.25, 0.3) is 5.91 Å². The molecule has 2 aromatic carbocycles. The molecule has 3 rings (SSSR count). The van der Waals surface area contributed by atoms with Gasteiger partial charge in [0.2, 0.25) is 0 Å². The van der Waals surface area contributed by atoms with Crippen molar-refractivity contribution in [3.63, 3.8) is 0 Å². The molecule has 1 aliphatic heterocycles. The molecule has 0 bridgehead atoms. The average molecular weight is 420 g/mol. The Kier molecular flexibility index (Phi) is 6.87. The lowest BCUT2D eigenvalue weighted by Crippen LogP contribution is -2.20. The molecule has 0 radical (unpaired) electrons. The maximum atomic E-state index is 12.0. The van der Waals surface area contributed by atoms with E-state index in [2.05, 4.69) is 10.3 Å². The number of aryl methyl sites for hydroxylation is 1. The molecule has 1 aliphatic rings. The number of anilines is 1. The van der Waals surface area contributed by atoms with E-state index in [0.29, 0.717) is 17.1 Å². The first kappa shape index (κ1) is 21.8. The molecule has 0 spiro atoms. The highest BCUT2D eigenvalue weighted by atomic mass is 16.5. The SMILES string of the molecule is CCOC(=O)C1=C(O)C(=Cc2ccc(OCC(=O)Nc3ccc(C)cc3)cc2)N=C1C. The van der Waals surface area contributed by atoms with Crippen molar-refractivity contribution < 1.29 is 24.2 Å². The largest absolute Gasteiger partial charge is 0.505 e. The van der Waals surface area contributed by atoms with Crippen molar-refractivity contribution in [2.24, 2.45) is 4.99 Å². The molecule has 0 atom stereocenters. The summed E-state index contributed by atoms with van der Waals surface area (Å²) in [6, 6.07) is 14.5. The Balaban J connectivity index is 1.61. The number of ether oxygens (including phenoxy) is 2. The van der Waals surface area contributed by atoms with Crippen molar-refractivity contribution in [3.8, 4) is 5.75 Å². The summed E-state index contributed by atoms with van der Waals surface area (Å²) in [6.07, 6.45) is 1.65. The van der Waals surface area contributed by atoms with Crippen LogP contribution in [-0.4, -0.2) is 35.9 Å². The van der Waals surface area contributed by atoms with E-state index in [0.717, 1.165) is 11.1 Å².